The lowest BCUT2D eigenvalue weighted by atomic mass is 10.1. The lowest BCUT2D eigenvalue weighted by Gasteiger charge is -2.09. The molecule has 0 radical (unpaired) electrons. The van der Waals surface area contributed by atoms with Gasteiger partial charge in [0.15, 0.2) is 5.78 Å². The summed E-state index contributed by atoms with van der Waals surface area (Å²) in [5.41, 5.74) is 1.69. The van der Waals surface area contributed by atoms with Crippen LogP contribution >= 0.6 is 0 Å². The van der Waals surface area contributed by atoms with Gasteiger partial charge < -0.3 is 0 Å². The van der Waals surface area contributed by atoms with E-state index in [2.05, 4.69) is 0 Å². The number of carbonyl (C=O) groups is 1. The van der Waals surface area contributed by atoms with Crippen LogP contribution in [0.2, 0.25) is 0 Å². The Kier molecular flexibility index (Phi) is 4.11. The molecule has 1 aromatic rings. The highest BCUT2D eigenvalue weighted by Gasteiger charge is 2.23. The molecule has 1 aliphatic carbocycles. The number of hydrogen-bond donors (Lipinski definition) is 0. The first kappa shape index (κ1) is 12.5. The highest BCUT2D eigenvalue weighted by molar-refractivity contribution is 7.86. The molecule has 1 aliphatic rings. The first-order chi connectivity index (χ1) is 8.18. The number of hydrogen-bond acceptors (Lipinski definition) is 2. The van der Waals surface area contributed by atoms with Crippen molar-refractivity contribution in [3.05, 3.63) is 35.4 Å². The normalized spacial score (nSPS) is 18.2. The zero-order valence-corrected chi connectivity index (χ0v) is 11.0. The van der Waals surface area contributed by atoms with E-state index in [4.69, 9.17) is 0 Å². The maximum atomic E-state index is 12.0. The fraction of sp³-hybridized carbons (Fsp3) is 0.500. The average molecular weight is 250 g/mol. The molecule has 0 saturated heterocycles. The summed E-state index contributed by atoms with van der Waals surface area (Å²) >= 11 is 0. The molecule has 1 unspecified atom stereocenters. The van der Waals surface area contributed by atoms with E-state index in [1.165, 1.54) is 0 Å². The Bertz CT molecular complexity index is 434. The molecule has 0 aromatic heterocycles. The van der Waals surface area contributed by atoms with E-state index in [-0.39, 0.29) is 16.8 Å². The summed E-state index contributed by atoms with van der Waals surface area (Å²) in [6, 6.07) is 7.52. The highest BCUT2D eigenvalue weighted by Crippen LogP contribution is 2.23. The van der Waals surface area contributed by atoms with E-state index in [1.54, 1.807) is 0 Å². The second kappa shape index (κ2) is 5.58. The standard InChI is InChI=1S/C14H18O2S/c1-11-6-2-5-9-13(11)14(15)10-17(16)12-7-3-4-8-12/h2,5-6,9,12H,3-4,7-8,10H2,1H3. The fourth-order valence-electron chi connectivity index (χ4n) is 2.36. The van der Waals surface area contributed by atoms with Crippen LogP contribution in [0.5, 0.6) is 0 Å². The van der Waals surface area contributed by atoms with Crippen LogP contribution in [-0.4, -0.2) is 21.0 Å². The minimum absolute atomic E-state index is 0.0216. The van der Waals surface area contributed by atoms with Crippen LogP contribution in [0, 0.1) is 6.92 Å². The summed E-state index contributed by atoms with van der Waals surface area (Å²) in [6.45, 7) is 1.92. The van der Waals surface area contributed by atoms with Gasteiger partial charge in [-0.25, -0.2) is 0 Å². The first-order valence-corrected chi connectivity index (χ1v) is 7.52. The zero-order chi connectivity index (χ0) is 12.3. The van der Waals surface area contributed by atoms with Crippen molar-refractivity contribution in [2.24, 2.45) is 0 Å². The molecule has 1 aromatic carbocycles. The van der Waals surface area contributed by atoms with Crippen molar-refractivity contribution in [2.75, 3.05) is 5.75 Å². The fourth-order valence-corrected chi connectivity index (χ4v) is 3.87. The summed E-state index contributed by atoms with van der Waals surface area (Å²) in [6.07, 6.45) is 4.37. The van der Waals surface area contributed by atoms with Gasteiger partial charge in [0.1, 0.15) is 0 Å². The predicted octanol–water partition coefficient (Wildman–Crippen LogP) is 2.87. The molecule has 1 atom stereocenters. The van der Waals surface area contributed by atoms with Crippen molar-refractivity contribution in [2.45, 2.75) is 37.9 Å². The molecular formula is C14H18O2S. The second-order valence-corrected chi connectivity index (χ2v) is 6.39. The van der Waals surface area contributed by atoms with E-state index < -0.39 is 10.8 Å². The Labute approximate surface area is 105 Å². The molecule has 17 heavy (non-hydrogen) atoms. The van der Waals surface area contributed by atoms with Gasteiger partial charge in [-0.15, -0.1) is 0 Å². The summed E-state index contributed by atoms with van der Waals surface area (Å²) < 4.78 is 12.0. The number of ketones is 1. The van der Waals surface area contributed by atoms with E-state index in [9.17, 15) is 9.00 Å². The van der Waals surface area contributed by atoms with Gasteiger partial charge in [0, 0.05) is 21.6 Å². The Hall–Kier alpha value is -0.960. The summed E-state index contributed by atoms with van der Waals surface area (Å²) in [5, 5.41) is 0.253. The number of benzene rings is 1. The van der Waals surface area contributed by atoms with Crippen LogP contribution in [0.25, 0.3) is 0 Å². The third-order valence-corrected chi connectivity index (χ3v) is 5.15. The smallest absolute Gasteiger partial charge is 0.175 e. The topological polar surface area (TPSA) is 34.1 Å². The lowest BCUT2D eigenvalue weighted by Crippen LogP contribution is -2.20. The van der Waals surface area contributed by atoms with Gasteiger partial charge in [-0.05, 0) is 25.3 Å². The minimum Gasteiger partial charge on any atom is -0.293 e. The summed E-state index contributed by atoms with van der Waals surface area (Å²) in [4.78, 5) is 12.0. The van der Waals surface area contributed by atoms with Gasteiger partial charge >= 0.3 is 0 Å². The molecular weight excluding hydrogens is 232 g/mol. The van der Waals surface area contributed by atoms with Crippen molar-refractivity contribution < 1.29 is 9.00 Å². The van der Waals surface area contributed by atoms with E-state index in [1.807, 2.05) is 31.2 Å². The Morgan fingerprint density at radius 1 is 1.29 bits per heavy atom. The van der Waals surface area contributed by atoms with Crippen LogP contribution in [0.15, 0.2) is 24.3 Å². The van der Waals surface area contributed by atoms with Crippen LogP contribution in [0.3, 0.4) is 0 Å². The third-order valence-electron chi connectivity index (χ3n) is 3.39. The molecule has 1 fully saturated rings. The van der Waals surface area contributed by atoms with Crippen molar-refractivity contribution in [1.29, 1.82) is 0 Å². The quantitative estimate of drug-likeness (QED) is 0.770. The van der Waals surface area contributed by atoms with Gasteiger partial charge in [0.2, 0.25) is 0 Å². The van der Waals surface area contributed by atoms with Crippen LogP contribution in [-0.2, 0) is 10.8 Å². The number of aryl methyl sites for hydroxylation is 1. The molecule has 0 N–H and O–H groups in total. The SMILES string of the molecule is Cc1ccccc1C(=O)CS(=O)C1CCCC1. The molecule has 3 heteroatoms. The van der Waals surface area contributed by atoms with Crippen LogP contribution in [0.4, 0.5) is 0 Å². The molecule has 0 heterocycles. The van der Waals surface area contributed by atoms with E-state index in [0.717, 1.165) is 36.8 Å². The second-order valence-electron chi connectivity index (χ2n) is 4.67. The molecule has 92 valence electrons. The first-order valence-electron chi connectivity index (χ1n) is 6.14. The Morgan fingerprint density at radius 2 is 1.94 bits per heavy atom. The van der Waals surface area contributed by atoms with Crippen molar-refractivity contribution >= 4 is 16.6 Å². The van der Waals surface area contributed by atoms with E-state index >= 15 is 0 Å². The average Bonchev–Trinajstić information content (AvgIpc) is 2.82. The van der Waals surface area contributed by atoms with E-state index in [0.29, 0.717) is 0 Å². The molecule has 0 spiro atoms. The number of Topliss-reactive ketones (excluding diaryl/α,β-unsaturated/α-hetero) is 1. The molecule has 0 bridgehead atoms. The van der Waals surface area contributed by atoms with Crippen molar-refractivity contribution in [1.82, 2.24) is 0 Å². The Morgan fingerprint density at radius 3 is 2.59 bits per heavy atom. The number of carbonyl (C=O) groups excluding carboxylic acids is 1. The van der Waals surface area contributed by atoms with Gasteiger partial charge in [-0.3, -0.25) is 9.00 Å². The van der Waals surface area contributed by atoms with Crippen molar-refractivity contribution in [3.8, 4) is 0 Å². The van der Waals surface area contributed by atoms with Gasteiger partial charge in [0.25, 0.3) is 0 Å². The molecule has 2 nitrogen and oxygen atoms in total. The molecule has 2 rings (SSSR count). The van der Waals surface area contributed by atoms with Gasteiger partial charge in [0.05, 0.1) is 5.75 Å². The lowest BCUT2D eigenvalue weighted by molar-refractivity contribution is 0.102. The molecule has 0 amide bonds. The highest BCUT2D eigenvalue weighted by atomic mass is 32.2. The minimum atomic E-state index is -0.984. The zero-order valence-electron chi connectivity index (χ0n) is 10.1. The maximum absolute atomic E-state index is 12.0. The van der Waals surface area contributed by atoms with Crippen LogP contribution < -0.4 is 0 Å². The van der Waals surface area contributed by atoms with Gasteiger partial charge in [-0.2, -0.15) is 0 Å². The van der Waals surface area contributed by atoms with Crippen molar-refractivity contribution in [3.63, 3.8) is 0 Å². The van der Waals surface area contributed by atoms with Crippen LogP contribution in [0.1, 0.15) is 41.6 Å². The van der Waals surface area contributed by atoms with Gasteiger partial charge in [-0.1, -0.05) is 37.1 Å². The molecule has 0 aliphatic heterocycles. The largest absolute Gasteiger partial charge is 0.293 e. The predicted molar refractivity (Wildman–Crippen MR) is 70.8 cm³/mol. The third kappa shape index (κ3) is 3.03. The summed E-state index contributed by atoms with van der Waals surface area (Å²) in [7, 11) is -0.984. The molecule has 1 saturated carbocycles. The Balaban J connectivity index is 2.02. The number of rotatable bonds is 4. The monoisotopic (exact) mass is 250 g/mol. The summed E-state index contributed by atoms with van der Waals surface area (Å²) in [5.74, 6) is 0.212. The maximum Gasteiger partial charge on any atom is 0.175 e.